The number of nitriles is 1. The fourth-order valence-electron chi connectivity index (χ4n) is 1.64. The summed E-state index contributed by atoms with van der Waals surface area (Å²) in [6.07, 6.45) is -9.04. The van der Waals surface area contributed by atoms with Crippen LogP contribution in [-0.4, -0.2) is 17.6 Å². The summed E-state index contributed by atoms with van der Waals surface area (Å²) in [6, 6.07) is 1.59. The van der Waals surface area contributed by atoms with Crippen molar-refractivity contribution in [1.82, 2.24) is 4.98 Å². The maximum absolute atomic E-state index is 12.9. The molecule has 21 heavy (non-hydrogen) atoms. The molecule has 0 amide bonds. The van der Waals surface area contributed by atoms with E-state index < -0.39 is 47.5 Å². The Morgan fingerprint density at radius 2 is 2.10 bits per heavy atom. The van der Waals surface area contributed by atoms with Crippen molar-refractivity contribution >= 4 is 5.97 Å². The number of nitrogens with zero attached hydrogens (tertiary/aromatic N) is 2. The van der Waals surface area contributed by atoms with Crippen molar-refractivity contribution < 1.29 is 31.5 Å². The molecule has 0 aliphatic rings. The lowest BCUT2D eigenvalue weighted by atomic mass is 10.0. The van der Waals surface area contributed by atoms with E-state index in [1.807, 2.05) is 0 Å². The molecule has 0 radical (unpaired) electrons. The fourth-order valence-corrected chi connectivity index (χ4v) is 1.64. The molecule has 0 aliphatic carbocycles. The Bertz CT molecular complexity index is 578. The van der Waals surface area contributed by atoms with Gasteiger partial charge in [-0.25, -0.2) is 13.8 Å². The van der Waals surface area contributed by atoms with Gasteiger partial charge in [0.05, 0.1) is 18.6 Å². The first kappa shape index (κ1) is 16.8. The van der Waals surface area contributed by atoms with E-state index in [0.29, 0.717) is 6.07 Å². The third kappa shape index (κ3) is 4.11. The number of alkyl halides is 5. The summed E-state index contributed by atoms with van der Waals surface area (Å²) in [5.41, 5.74) is -4.45. The first-order valence-corrected chi connectivity index (χ1v) is 5.65. The second-order valence-electron chi connectivity index (χ2n) is 3.82. The molecule has 114 valence electrons. The highest BCUT2D eigenvalue weighted by Crippen LogP contribution is 2.35. The largest absolute Gasteiger partial charge is 0.466 e. The summed E-state index contributed by atoms with van der Waals surface area (Å²) in [7, 11) is 0. The van der Waals surface area contributed by atoms with Crippen LogP contribution >= 0.6 is 0 Å². The highest BCUT2D eigenvalue weighted by Gasteiger charge is 2.38. The predicted molar refractivity (Wildman–Crippen MR) is 59.2 cm³/mol. The zero-order valence-electron chi connectivity index (χ0n) is 10.7. The van der Waals surface area contributed by atoms with Gasteiger partial charge < -0.3 is 4.74 Å². The lowest BCUT2D eigenvalue weighted by molar-refractivity contribution is -0.143. The normalized spacial score (nSPS) is 11.3. The maximum atomic E-state index is 12.9. The van der Waals surface area contributed by atoms with Gasteiger partial charge in [-0.2, -0.15) is 18.4 Å². The minimum absolute atomic E-state index is 0.0713. The van der Waals surface area contributed by atoms with Crippen LogP contribution in [0.4, 0.5) is 22.0 Å². The smallest absolute Gasteiger partial charge is 0.419 e. The molecule has 0 N–H and O–H groups in total. The summed E-state index contributed by atoms with van der Waals surface area (Å²) >= 11 is 0. The zero-order chi connectivity index (χ0) is 16.2. The van der Waals surface area contributed by atoms with Gasteiger partial charge in [0, 0.05) is 0 Å². The number of esters is 1. The van der Waals surface area contributed by atoms with Gasteiger partial charge in [-0.15, -0.1) is 0 Å². The predicted octanol–water partition coefficient (Wildman–Crippen LogP) is 3.02. The van der Waals surface area contributed by atoms with Crippen LogP contribution in [0.15, 0.2) is 6.07 Å². The maximum Gasteiger partial charge on any atom is 0.419 e. The summed E-state index contributed by atoms with van der Waals surface area (Å²) < 4.78 is 68.5. The second-order valence-corrected chi connectivity index (χ2v) is 3.82. The van der Waals surface area contributed by atoms with Crippen molar-refractivity contribution in [2.24, 2.45) is 0 Å². The van der Waals surface area contributed by atoms with Crippen LogP contribution in [-0.2, 0) is 22.1 Å². The number of ether oxygens (including phenoxy) is 1. The molecule has 0 saturated heterocycles. The first-order valence-electron chi connectivity index (χ1n) is 5.65. The highest BCUT2D eigenvalue weighted by atomic mass is 19.4. The lowest BCUT2D eigenvalue weighted by Crippen LogP contribution is -2.18. The van der Waals surface area contributed by atoms with Gasteiger partial charge in [0.15, 0.2) is 5.69 Å². The minimum Gasteiger partial charge on any atom is -0.466 e. The average molecular weight is 308 g/mol. The minimum atomic E-state index is -5.00. The fraction of sp³-hybridized carbons (Fsp3) is 0.417. The van der Waals surface area contributed by atoms with E-state index in [2.05, 4.69) is 9.72 Å². The molecule has 0 saturated carbocycles. The van der Waals surface area contributed by atoms with Gasteiger partial charge >= 0.3 is 12.1 Å². The molecule has 1 heterocycles. The van der Waals surface area contributed by atoms with Gasteiger partial charge in [-0.3, -0.25) is 4.79 Å². The molecule has 0 fully saturated rings. The van der Waals surface area contributed by atoms with Gasteiger partial charge in [-0.05, 0) is 18.6 Å². The van der Waals surface area contributed by atoms with Crippen molar-refractivity contribution in [3.63, 3.8) is 0 Å². The van der Waals surface area contributed by atoms with Gasteiger partial charge in [0.25, 0.3) is 6.43 Å². The molecular weight excluding hydrogens is 299 g/mol. The quantitative estimate of drug-likeness (QED) is 0.633. The summed E-state index contributed by atoms with van der Waals surface area (Å²) in [4.78, 5) is 14.3. The highest BCUT2D eigenvalue weighted by molar-refractivity contribution is 5.73. The summed E-state index contributed by atoms with van der Waals surface area (Å²) in [5, 5.41) is 8.68. The molecule has 0 atom stereocenters. The standard InChI is InChI=1S/C12H9F5N2O2/c1-2-21-9(20)4-6-3-7(11(13)14)19-8(5-18)10(6)12(15,16)17/h3,11H,2,4H2,1H3. The van der Waals surface area contributed by atoms with Crippen LogP contribution in [0.1, 0.15) is 35.9 Å². The van der Waals surface area contributed by atoms with Crippen LogP contribution in [0.5, 0.6) is 0 Å². The molecule has 9 heteroatoms. The van der Waals surface area contributed by atoms with Crippen LogP contribution in [0.2, 0.25) is 0 Å². The number of hydrogen-bond acceptors (Lipinski definition) is 4. The molecule has 1 aromatic rings. The Balaban J connectivity index is 3.45. The third-order valence-electron chi connectivity index (χ3n) is 2.37. The topological polar surface area (TPSA) is 63.0 Å². The Labute approximate surface area is 116 Å². The Morgan fingerprint density at radius 3 is 2.52 bits per heavy atom. The summed E-state index contributed by atoms with van der Waals surface area (Å²) in [5.74, 6) is -1.02. The molecule has 0 aromatic carbocycles. The zero-order valence-corrected chi connectivity index (χ0v) is 10.7. The van der Waals surface area contributed by atoms with Crippen molar-refractivity contribution in [1.29, 1.82) is 5.26 Å². The number of aromatic nitrogens is 1. The molecule has 1 rings (SSSR count). The molecule has 0 aliphatic heterocycles. The first-order chi connectivity index (χ1) is 9.70. The number of carbonyl (C=O) groups excluding carboxylic acids is 1. The van der Waals surface area contributed by atoms with Crippen LogP contribution in [0.25, 0.3) is 0 Å². The summed E-state index contributed by atoms with van der Waals surface area (Å²) in [6.45, 7) is 1.37. The molecule has 1 aromatic heterocycles. The van der Waals surface area contributed by atoms with Gasteiger partial charge in [0.2, 0.25) is 0 Å². The molecule has 0 spiro atoms. The van der Waals surface area contributed by atoms with Crippen molar-refractivity contribution in [2.75, 3.05) is 6.61 Å². The Hall–Kier alpha value is -2.24. The van der Waals surface area contributed by atoms with Gasteiger partial charge in [-0.1, -0.05) is 0 Å². The Kier molecular flexibility index (Phi) is 5.18. The SMILES string of the molecule is CCOC(=O)Cc1cc(C(F)F)nc(C#N)c1C(F)(F)F. The van der Waals surface area contributed by atoms with Crippen molar-refractivity contribution in [2.45, 2.75) is 25.9 Å². The van der Waals surface area contributed by atoms with Gasteiger partial charge in [0.1, 0.15) is 11.8 Å². The monoisotopic (exact) mass is 308 g/mol. The number of halogens is 5. The van der Waals surface area contributed by atoms with E-state index in [1.54, 1.807) is 0 Å². The molecule has 4 nitrogen and oxygen atoms in total. The number of pyridine rings is 1. The van der Waals surface area contributed by atoms with Crippen LogP contribution < -0.4 is 0 Å². The molecule has 0 bridgehead atoms. The number of carbonyl (C=O) groups is 1. The molecule has 0 unspecified atom stereocenters. The van der Waals surface area contributed by atoms with Crippen molar-refractivity contribution in [3.8, 4) is 6.07 Å². The van der Waals surface area contributed by atoms with E-state index >= 15 is 0 Å². The van der Waals surface area contributed by atoms with E-state index in [1.165, 1.54) is 6.92 Å². The Morgan fingerprint density at radius 1 is 1.48 bits per heavy atom. The van der Waals surface area contributed by atoms with Crippen LogP contribution in [0, 0.1) is 11.3 Å². The van der Waals surface area contributed by atoms with E-state index in [0.717, 1.165) is 6.07 Å². The number of hydrogen-bond donors (Lipinski definition) is 0. The second kappa shape index (κ2) is 6.47. The molecular formula is C12H9F5N2O2. The average Bonchev–Trinajstić information content (AvgIpc) is 2.36. The van der Waals surface area contributed by atoms with E-state index in [4.69, 9.17) is 5.26 Å². The van der Waals surface area contributed by atoms with E-state index in [9.17, 15) is 26.7 Å². The third-order valence-corrected chi connectivity index (χ3v) is 2.37. The van der Waals surface area contributed by atoms with Crippen LogP contribution in [0.3, 0.4) is 0 Å². The number of rotatable bonds is 4. The lowest BCUT2D eigenvalue weighted by Gasteiger charge is -2.15. The van der Waals surface area contributed by atoms with E-state index in [-0.39, 0.29) is 6.61 Å². The van der Waals surface area contributed by atoms with Crippen molar-refractivity contribution in [3.05, 3.63) is 28.6 Å².